The molecule has 168 valence electrons. The van der Waals surface area contributed by atoms with Crippen LogP contribution in [0.1, 0.15) is 17.9 Å². The molecule has 0 spiro atoms. The van der Waals surface area contributed by atoms with Crippen molar-refractivity contribution in [2.75, 3.05) is 31.6 Å². The molecule has 1 saturated heterocycles. The highest BCUT2D eigenvalue weighted by molar-refractivity contribution is 7.89. The van der Waals surface area contributed by atoms with Crippen molar-refractivity contribution in [1.82, 2.24) is 19.4 Å². The quantitative estimate of drug-likeness (QED) is 0.571. The first-order valence-corrected chi connectivity index (χ1v) is 11.6. The minimum Gasteiger partial charge on any atom is -0.379 e. The summed E-state index contributed by atoms with van der Waals surface area (Å²) in [6, 6.07) is 8.39. The van der Waals surface area contributed by atoms with E-state index >= 15 is 0 Å². The standard InChI is InChI=1S/C21H23N5O5S/c1-15-2-3-17(14-18(15)32(28,29)26-10-12-30-13-11-26)23-19(27)4-5-20-24-21(25-31-20)16-6-8-22-9-7-16/h2-3,6-9,14H,4-5,10-13H2,1H3,(H,23,27). The van der Waals surface area contributed by atoms with Gasteiger partial charge in [0.15, 0.2) is 0 Å². The van der Waals surface area contributed by atoms with Crippen LogP contribution < -0.4 is 5.32 Å². The van der Waals surface area contributed by atoms with E-state index < -0.39 is 10.0 Å². The Hall–Kier alpha value is -3.15. The lowest BCUT2D eigenvalue weighted by Crippen LogP contribution is -2.40. The predicted octanol–water partition coefficient (Wildman–Crippen LogP) is 2.03. The number of amides is 1. The molecule has 1 N–H and O–H groups in total. The van der Waals surface area contributed by atoms with Gasteiger partial charge in [0.1, 0.15) is 0 Å². The highest BCUT2D eigenvalue weighted by Crippen LogP contribution is 2.24. The van der Waals surface area contributed by atoms with E-state index in [2.05, 4.69) is 20.4 Å². The summed E-state index contributed by atoms with van der Waals surface area (Å²) >= 11 is 0. The van der Waals surface area contributed by atoms with E-state index in [4.69, 9.17) is 9.26 Å². The van der Waals surface area contributed by atoms with Gasteiger partial charge in [-0.1, -0.05) is 11.2 Å². The van der Waals surface area contributed by atoms with Crippen molar-refractivity contribution in [2.45, 2.75) is 24.7 Å². The van der Waals surface area contributed by atoms with Gasteiger partial charge in [-0.2, -0.15) is 9.29 Å². The van der Waals surface area contributed by atoms with Crippen molar-refractivity contribution >= 4 is 21.6 Å². The number of anilines is 1. The predicted molar refractivity (Wildman–Crippen MR) is 115 cm³/mol. The summed E-state index contributed by atoms with van der Waals surface area (Å²) < 4.78 is 37.9. The fourth-order valence-electron chi connectivity index (χ4n) is 3.30. The van der Waals surface area contributed by atoms with Gasteiger partial charge in [-0.25, -0.2) is 8.42 Å². The normalized spacial score (nSPS) is 14.9. The summed E-state index contributed by atoms with van der Waals surface area (Å²) in [5, 5.41) is 6.66. The van der Waals surface area contributed by atoms with Crippen LogP contribution in [-0.4, -0.2) is 60.1 Å². The molecule has 0 bridgehead atoms. The van der Waals surface area contributed by atoms with Crippen LogP contribution in [0.2, 0.25) is 0 Å². The average Bonchev–Trinajstić information content (AvgIpc) is 3.29. The van der Waals surface area contributed by atoms with Crippen LogP contribution in [0.4, 0.5) is 5.69 Å². The Morgan fingerprint density at radius 3 is 2.66 bits per heavy atom. The summed E-state index contributed by atoms with van der Waals surface area (Å²) in [5.41, 5.74) is 1.80. The zero-order valence-corrected chi connectivity index (χ0v) is 18.3. The molecule has 3 aromatic rings. The van der Waals surface area contributed by atoms with Crippen LogP contribution >= 0.6 is 0 Å². The van der Waals surface area contributed by atoms with Gasteiger partial charge in [-0.05, 0) is 36.8 Å². The highest BCUT2D eigenvalue weighted by Gasteiger charge is 2.28. The third kappa shape index (κ3) is 5.01. The van der Waals surface area contributed by atoms with Gasteiger partial charge in [0.05, 0.1) is 18.1 Å². The van der Waals surface area contributed by atoms with E-state index in [1.54, 1.807) is 43.6 Å². The topological polar surface area (TPSA) is 128 Å². The molecule has 1 aliphatic rings. The molecule has 1 aromatic carbocycles. The van der Waals surface area contributed by atoms with Gasteiger partial charge in [-0.3, -0.25) is 9.78 Å². The molecule has 2 aromatic heterocycles. The van der Waals surface area contributed by atoms with Crippen LogP contribution in [0, 0.1) is 6.92 Å². The molecule has 4 rings (SSSR count). The molecule has 0 aliphatic carbocycles. The number of aromatic nitrogens is 3. The fraction of sp³-hybridized carbons (Fsp3) is 0.333. The summed E-state index contributed by atoms with van der Waals surface area (Å²) in [6.45, 7) is 3.09. The number of nitrogens with zero attached hydrogens (tertiary/aromatic N) is 4. The van der Waals surface area contributed by atoms with Gasteiger partial charge in [-0.15, -0.1) is 0 Å². The zero-order chi connectivity index (χ0) is 22.6. The number of benzene rings is 1. The lowest BCUT2D eigenvalue weighted by atomic mass is 10.2. The van der Waals surface area contributed by atoms with E-state index in [1.165, 1.54) is 10.4 Å². The minimum atomic E-state index is -3.67. The maximum atomic E-state index is 13.0. The second kappa shape index (κ2) is 9.55. The zero-order valence-electron chi connectivity index (χ0n) is 17.5. The first-order chi connectivity index (χ1) is 15.4. The number of ether oxygens (including phenoxy) is 1. The monoisotopic (exact) mass is 457 g/mol. The number of sulfonamides is 1. The Bertz CT molecular complexity index is 1190. The largest absolute Gasteiger partial charge is 0.379 e. The average molecular weight is 458 g/mol. The van der Waals surface area contributed by atoms with Gasteiger partial charge in [0.2, 0.25) is 27.6 Å². The number of nitrogens with one attached hydrogen (secondary N) is 1. The molecule has 1 amide bonds. The molecule has 11 heteroatoms. The van der Waals surface area contributed by atoms with Crippen molar-refractivity contribution in [1.29, 1.82) is 0 Å². The Balaban J connectivity index is 1.39. The van der Waals surface area contributed by atoms with Crippen molar-refractivity contribution in [3.63, 3.8) is 0 Å². The number of pyridine rings is 1. The molecule has 0 saturated carbocycles. The molecule has 3 heterocycles. The van der Waals surface area contributed by atoms with E-state index in [0.717, 1.165) is 5.56 Å². The van der Waals surface area contributed by atoms with Crippen LogP contribution in [0.5, 0.6) is 0 Å². The van der Waals surface area contributed by atoms with Crippen molar-refractivity contribution < 1.29 is 22.5 Å². The van der Waals surface area contributed by atoms with Gasteiger partial charge in [0, 0.05) is 49.6 Å². The Morgan fingerprint density at radius 1 is 1.16 bits per heavy atom. The van der Waals surface area contributed by atoms with Gasteiger partial charge < -0.3 is 14.6 Å². The molecule has 1 fully saturated rings. The Labute approximate surface area is 185 Å². The molecule has 32 heavy (non-hydrogen) atoms. The number of carbonyl (C=O) groups excluding carboxylic acids is 1. The molecule has 0 atom stereocenters. The SMILES string of the molecule is Cc1ccc(NC(=O)CCc2nc(-c3ccncc3)no2)cc1S(=O)(=O)N1CCOCC1. The summed E-state index contributed by atoms with van der Waals surface area (Å²) in [5.74, 6) is 0.484. The van der Waals surface area contributed by atoms with E-state index in [-0.39, 0.29) is 23.6 Å². The molecular weight excluding hydrogens is 434 g/mol. The first-order valence-electron chi connectivity index (χ1n) is 10.1. The van der Waals surface area contributed by atoms with Crippen LogP contribution in [0.15, 0.2) is 52.1 Å². The second-order valence-electron chi connectivity index (χ2n) is 7.29. The molecule has 1 aliphatic heterocycles. The number of rotatable bonds is 7. The van der Waals surface area contributed by atoms with Crippen molar-refractivity contribution in [2.24, 2.45) is 0 Å². The number of hydrogen-bond donors (Lipinski definition) is 1. The number of carbonyl (C=O) groups is 1. The van der Waals surface area contributed by atoms with E-state index in [9.17, 15) is 13.2 Å². The second-order valence-corrected chi connectivity index (χ2v) is 9.20. The summed E-state index contributed by atoms with van der Waals surface area (Å²) in [7, 11) is -3.67. The van der Waals surface area contributed by atoms with Gasteiger partial charge >= 0.3 is 0 Å². The fourth-order valence-corrected chi connectivity index (χ4v) is 4.96. The molecular formula is C21H23N5O5S. The Morgan fingerprint density at radius 2 is 1.91 bits per heavy atom. The maximum absolute atomic E-state index is 13.0. The van der Waals surface area contributed by atoms with Gasteiger partial charge in [0.25, 0.3) is 0 Å². The summed E-state index contributed by atoms with van der Waals surface area (Å²) in [4.78, 5) is 20.8. The number of hydrogen-bond acceptors (Lipinski definition) is 8. The maximum Gasteiger partial charge on any atom is 0.243 e. The third-order valence-corrected chi connectivity index (χ3v) is 7.07. The molecule has 10 nitrogen and oxygen atoms in total. The van der Waals surface area contributed by atoms with E-state index in [1.807, 2.05) is 0 Å². The van der Waals surface area contributed by atoms with E-state index in [0.29, 0.717) is 49.3 Å². The minimum absolute atomic E-state index is 0.109. The van der Waals surface area contributed by atoms with Crippen molar-refractivity contribution in [3.8, 4) is 11.4 Å². The van der Waals surface area contributed by atoms with Crippen LogP contribution in [-0.2, 0) is 26.0 Å². The third-order valence-electron chi connectivity index (χ3n) is 5.03. The first kappa shape index (κ1) is 22.1. The summed E-state index contributed by atoms with van der Waals surface area (Å²) in [6.07, 6.45) is 3.63. The molecule has 0 radical (unpaired) electrons. The number of aryl methyl sites for hydroxylation is 2. The molecule has 0 unspecified atom stereocenters. The van der Waals surface area contributed by atoms with Crippen molar-refractivity contribution in [3.05, 3.63) is 54.2 Å². The highest BCUT2D eigenvalue weighted by atomic mass is 32.2. The smallest absolute Gasteiger partial charge is 0.243 e. The Kier molecular flexibility index (Phi) is 6.58. The lowest BCUT2D eigenvalue weighted by Gasteiger charge is -2.26. The number of morpholine rings is 1. The lowest BCUT2D eigenvalue weighted by molar-refractivity contribution is -0.116. The van der Waals surface area contributed by atoms with Crippen LogP contribution in [0.3, 0.4) is 0 Å². The van der Waals surface area contributed by atoms with Crippen LogP contribution in [0.25, 0.3) is 11.4 Å².